The van der Waals surface area contributed by atoms with E-state index in [1.165, 1.54) is 22.6 Å². The van der Waals surface area contributed by atoms with Crippen molar-refractivity contribution in [2.75, 3.05) is 6.61 Å². The van der Waals surface area contributed by atoms with E-state index in [0.29, 0.717) is 6.61 Å². The Morgan fingerprint density at radius 1 is 0.742 bits per heavy atom. The van der Waals surface area contributed by atoms with Gasteiger partial charge < -0.3 is 9.84 Å². The normalized spacial score (nSPS) is 15.0. The fraction of sp³-hybridized carbons (Fsp3) is 0.138. The maximum Gasteiger partial charge on any atom is 0.119 e. The second kappa shape index (κ2) is 10.3. The van der Waals surface area contributed by atoms with Gasteiger partial charge in [-0.3, -0.25) is 0 Å². The molecule has 1 fully saturated rings. The summed E-state index contributed by atoms with van der Waals surface area (Å²) >= 11 is 0. The van der Waals surface area contributed by atoms with Gasteiger partial charge in [0.1, 0.15) is 11.5 Å². The Hall–Kier alpha value is -3.00. The molecule has 4 rings (SSSR count). The molecular formula is C29H27O2. The van der Waals surface area contributed by atoms with Gasteiger partial charge in [0.2, 0.25) is 0 Å². The van der Waals surface area contributed by atoms with Crippen molar-refractivity contribution in [1.82, 2.24) is 0 Å². The standard InChI is InChI=1S/C29H27O2/c1-2-28(23-10-4-3-5-11-23)29(24-12-16-26(30)17-13-24)25-14-18-27(19-15-25)31-21-20-22-8-6-7-9-22/h3-19,30H,2,20-21H2,1H3/b29-28+. The molecule has 2 nitrogen and oxygen atoms in total. The number of hydrogen-bond acceptors (Lipinski definition) is 2. The summed E-state index contributed by atoms with van der Waals surface area (Å²) in [6.45, 7) is 2.85. The zero-order valence-corrected chi connectivity index (χ0v) is 17.8. The third-order valence-corrected chi connectivity index (χ3v) is 5.47. The highest BCUT2D eigenvalue weighted by molar-refractivity contribution is 5.98. The summed E-state index contributed by atoms with van der Waals surface area (Å²) in [6, 6.07) is 26.3. The van der Waals surface area contributed by atoms with E-state index in [-0.39, 0.29) is 5.75 Å². The Bertz CT molecular complexity index is 979. The molecule has 5 radical (unpaired) electrons. The molecule has 0 atom stereocenters. The zero-order valence-electron chi connectivity index (χ0n) is 17.8. The summed E-state index contributed by atoms with van der Waals surface area (Å²) in [6.07, 6.45) is 10.2. The second-order valence-electron chi connectivity index (χ2n) is 7.54. The highest BCUT2D eigenvalue weighted by Crippen LogP contribution is 2.35. The molecule has 3 aromatic rings. The lowest BCUT2D eigenvalue weighted by Gasteiger charge is -2.17. The number of phenols is 1. The van der Waals surface area contributed by atoms with Crippen molar-refractivity contribution in [3.63, 3.8) is 0 Å². The van der Waals surface area contributed by atoms with Gasteiger partial charge in [-0.25, -0.2) is 0 Å². The van der Waals surface area contributed by atoms with E-state index >= 15 is 0 Å². The number of rotatable bonds is 8. The summed E-state index contributed by atoms with van der Waals surface area (Å²) < 4.78 is 5.96. The lowest BCUT2D eigenvalue weighted by atomic mass is 9.88. The molecule has 1 aliphatic rings. The van der Waals surface area contributed by atoms with E-state index in [1.807, 2.05) is 30.3 Å². The SMILES string of the molecule is CC/C(=C(/c1ccc(O)cc1)c1ccc(OCC[C]2[CH][CH][CH][CH]2)cc1)c1ccccc1. The van der Waals surface area contributed by atoms with Crippen LogP contribution in [0, 0.1) is 31.6 Å². The highest BCUT2D eigenvalue weighted by Gasteiger charge is 2.17. The Balaban J connectivity index is 1.62. The molecular weight excluding hydrogens is 380 g/mol. The van der Waals surface area contributed by atoms with E-state index in [4.69, 9.17) is 4.74 Å². The summed E-state index contributed by atoms with van der Waals surface area (Å²) in [5.41, 5.74) is 5.88. The van der Waals surface area contributed by atoms with E-state index in [9.17, 15) is 5.11 Å². The van der Waals surface area contributed by atoms with Gasteiger partial charge in [-0.1, -0.05) is 61.5 Å². The highest BCUT2D eigenvalue weighted by atomic mass is 16.5. The average molecular weight is 408 g/mol. The van der Waals surface area contributed by atoms with Gasteiger partial charge in [-0.15, -0.1) is 0 Å². The molecule has 155 valence electrons. The molecule has 1 aliphatic carbocycles. The van der Waals surface area contributed by atoms with Crippen LogP contribution in [0.15, 0.2) is 78.9 Å². The third kappa shape index (κ3) is 5.38. The Labute approximate surface area is 186 Å². The fourth-order valence-electron chi connectivity index (χ4n) is 3.89. The first-order valence-electron chi connectivity index (χ1n) is 10.8. The van der Waals surface area contributed by atoms with Crippen molar-refractivity contribution in [3.05, 3.63) is 127 Å². The largest absolute Gasteiger partial charge is 0.508 e. The maximum atomic E-state index is 9.78. The summed E-state index contributed by atoms with van der Waals surface area (Å²) in [4.78, 5) is 0. The van der Waals surface area contributed by atoms with Crippen molar-refractivity contribution < 1.29 is 9.84 Å². The van der Waals surface area contributed by atoms with E-state index in [0.717, 1.165) is 29.7 Å². The molecule has 0 bridgehead atoms. The van der Waals surface area contributed by atoms with E-state index in [2.05, 4.69) is 69.0 Å². The van der Waals surface area contributed by atoms with Crippen LogP contribution in [0.4, 0.5) is 0 Å². The Morgan fingerprint density at radius 2 is 1.35 bits per heavy atom. The molecule has 2 heteroatoms. The molecule has 0 spiro atoms. The van der Waals surface area contributed by atoms with Crippen molar-refractivity contribution in [3.8, 4) is 11.5 Å². The summed E-state index contributed by atoms with van der Waals surface area (Å²) in [5.74, 6) is 2.44. The summed E-state index contributed by atoms with van der Waals surface area (Å²) in [7, 11) is 0. The Morgan fingerprint density at radius 3 is 1.97 bits per heavy atom. The van der Waals surface area contributed by atoms with Crippen LogP contribution in [0.3, 0.4) is 0 Å². The molecule has 0 aliphatic heterocycles. The number of ether oxygens (including phenoxy) is 1. The van der Waals surface area contributed by atoms with Gasteiger partial charge in [0.05, 0.1) is 6.61 Å². The van der Waals surface area contributed by atoms with Gasteiger partial charge in [0, 0.05) is 0 Å². The van der Waals surface area contributed by atoms with Gasteiger partial charge >= 0.3 is 0 Å². The van der Waals surface area contributed by atoms with Gasteiger partial charge in [0.15, 0.2) is 0 Å². The molecule has 3 aromatic carbocycles. The van der Waals surface area contributed by atoms with Crippen molar-refractivity contribution >= 4 is 11.1 Å². The molecule has 31 heavy (non-hydrogen) atoms. The van der Waals surface area contributed by atoms with Crippen LogP contribution < -0.4 is 4.74 Å². The van der Waals surface area contributed by atoms with Crippen LogP contribution >= 0.6 is 0 Å². The molecule has 0 saturated heterocycles. The Kier molecular flexibility index (Phi) is 7.09. The van der Waals surface area contributed by atoms with Crippen LogP contribution in [0.1, 0.15) is 36.5 Å². The van der Waals surface area contributed by atoms with Crippen LogP contribution in [0.25, 0.3) is 11.1 Å². The van der Waals surface area contributed by atoms with E-state index in [1.54, 1.807) is 12.1 Å². The molecule has 0 aromatic heterocycles. The second-order valence-corrected chi connectivity index (χ2v) is 7.54. The first-order chi connectivity index (χ1) is 15.2. The average Bonchev–Trinajstić information content (AvgIpc) is 3.33. The van der Waals surface area contributed by atoms with Gasteiger partial charge in [0.25, 0.3) is 0 Å². The van der Waals surface area contributed by atoms with Crippen molar-refractivity contribution in [2.45, 2.75) is 19.8 Å². The smallest absolute Gasteiger partial charge is 0.119 e. The molecule has 0 amide bonds. The van der Waals surface area contributed by atoms with Gasteiger partial charge in [-0.05, 0) is 96.5 Å². The predicted octanol–water partition coefficient (Wildman–Crippen LogP) is 6.94. The summed E-state index contributed by atoms with van der Waals surface area (Å²) in [5, 5.41) is 9.78. The molecule has 0 heterocycles. The van der Waals surface area contributed by atoms with Gasteiger partial charge in [-0.2, -0.15) is 0 Å². The minimum absolute atomic E-state index is 0.273. The molecule has 0 unspecified atom stereocenters. The maximum absolute atomic E-state index is 9.78. The van der Waals surface area contributed by atoms with Crippen molar-refractivity contribution in [2.24, 2.45) is 0 Å². The number of allylic oxidation sites excluding steroid dienone is 1. The van der Waals surface area contributed by atoms with E-state index < -0.39 is 0 Å². The number of benzene rings is 3. The minimum atomic E-state index is 0.273. The quantitative estimate of drug-likeness (QED) is 0.410. The number of aromatic hydroxyl groups is 1. The van der Waals surface area contributed by atoms with Crippen LogP contribution in [-0.2, 0) is 0 Å². The predicted molar refractivity (Wildman–Crippen MR) is 128 cm³/mol. The minimum Gasteiger partial charge on any atom is -0.508 e. The molecule has 1 N–H and O–H groups in total. The van der Waals surface area contributed by atoms with Crippen LogP contribution in [0.5, 0.6) is 11.5 Å². The van der Waals surface area contributed by atoms with Crippen LogP contribution in [-0.4, -0.2) is 11.7 Å². The lowest BCUT2D eigenvalue weighted by molar-refractivity contribution is 0.317. The van der Waals surface area contributed by atoms with Crippen LogP contribution in [0.2, 0.25) is 0 Å². The third-order valence-electron chi connectivity index (χ3n) is 5.47. The lowest BCUT2D eigenvalue weighted by Crippen LogP contribution is -2.03. The monoisotopic (exact) mass is 407 g/mol. The number of hydrogen-bond donors (Lipinski definition) is 1. The first kappa shape index (κ1) is 21.2. The zero-order chi connectivity index (χ0) is 21.5. The number of phenolic OH excluding ortho intramolecular Hbond substituents is 1. The molecule has 1 saturated carbocycles. The fourth-order valence-corrected chi connectivity index (χ4v) is 3.89. The first-order valence-corrected chi connectivity index (χ1v) is 10.8. The van der Waals surface area contributed by atoms with Crippen molar-refractivity contribution in [1.29, 1.82) is 0 Å². The topological polar surface area (TPSA) is 29.5 Å².